The number of fused-ring (bicyclic) bond motifs is 1. The first-order chi connectivity index (χ1) is 12.7. The van der Waals surface area contributed by atoms with E-state index >= 15 is 0 Å². The molecule has 0 saturated heterocycles. The molecule has 5 nitrogen and oxygen atoms in total. The first kappa shape index (κ1) is 16.6. The predicted octanol–water partition coefficient (Wildman–Crippen LogP) is 4.73. The fraction of sp³-hybridized carbons (Fsp3) is 0.0526. The van der Waals surface area contributed by atoms with E-state index in [-0.39, 0.29) is 12.5 Å². The van der Waals surface area contributed by atoms with Crippen LogP contribution in [0.5, 0.6) is 5.75 Å². The van der Waals surface area contributed by atoms with Gasteiger partial charge in [0, 0.05) is 34.0 Å². The number of anilines is 1. The number of carbonyl (C=O) groups excluding carboxylic acids is 1. The smallest absolute Gasteiger partial charge is 0.262 e. The lowest BCUT2D eigenvalue weighted by Crippen LogP contribution is -2.20. The van der Waals surface area contributed by atoms with E-state index in [2.05, 4.69) is 10.3 Å². The van der Waals surface area contributed by atoms with E-state index in [9.17, 15) is 4.79 Å². The second-order valence-electron chi connectivity index (χ2n) is 5.59. The van der Waals surface area contributed by atoms with Crippen LogP contribution in [0.15, 0.2) is 66.3 Å². The summed E-state index contributed by atoms with van der Waals surface area (Å²) >= 11 is 7.41. The van der Waals surface area contributed by atoms with Crippen LogP contribution in [0.25, 0.3) is 16.2 Å². The van der Waals surface area contributed by atoms with Gasteiger partial charge < -0.3 is 10.1 Å². The number of benzene rings is 2. The Kier molecular flexibility index (Phi) is 4.60. The summed E-state index contributed by atoms with van der Waals surface area (Å²) in [5.41, 5.74) is 2.51. The number of hydrogen-bond acceptors (Lipinski definition) is 4. The van der Waals surface area contributed by atoms with Gasteiger partial charge in [0.15, 0.2) is 11.6 Å². The summed E-state index contributed by atoms with van der Waals surface area (Å²) in [6, 6.07) is 14.5. The number of aromatic nitrogens is 2. The van der Waals surface area contributed by atoms with Crippen LogP contribution in [-0.2, 0) is 4.79 Å². The standard InChI is InChI=1S/C19H14ClN3O2S/c20-14-4-6-16(7-5-14)25-12-18(24)21-15-3-1-2-13(10-15)17-11-23-8-9-26-19(23)22-17/h1-11H,12H2,(H,21,24). The average molecular weight is 384 g/mol. The van der Waals surface area contributed by atoms with Crippen molar-refractivity contribution in [2.24, 2.45) is 0 Å². The summed E-state index contributed by atoms with van der Waals surface area (Å²) < 4.78 is 7.43. The van der Waals surface area contributed by atoms with Crippen molar-refractivity contribution in [3.8, 4) is 17.0 Å². The Morgan fingerprint density at radius 1 is 1.23 bits per heavy atom. The zero-order chi connectivity index (χ0) is 17.9. The third-order valence-corrected chi connectivity index (χ3v) is 4.74. The van der Waals surface area contributed by atoms with Crippen LogP contribution in [-0.4, -0.2) is 21.9 Å². The molecular weight excluding hydrogens is 370 g/mol. The Bertz CT molecular complexity index is 1030. The van der Waals surface area contributed by atoms with Gasteiger partial charge in [0.25, 0.3) is 5.91 Å². The van der Waals surface area contributed by atoms with E-state index in [1.165, 1.54) is 0 Å². The highest BCUT2D eigenvalue weighted by molar-refractivity contribution is 7.15. The number of thiazole rings is 1. The highest BCUT2D eigenvalue weighted by Crippen LogP contribution is 2.24. The van der Waals surface area contributed by atoms with Gasteiger partial charge in [-0.2, -0.15) is 0 Å². The molecule has 1 N–H and O–H groups in total. The molecule has 2 aromatic carbocycles. The van der Waals surface area contributed by atoms with Crippen LogP contribution in [0.2, 0.25) is 5.02 Å². The van der Waals surface area contributed by atoms with Crippen molar-refractivity contribution in [3.05, 3.63) is 71.3 Å². The van der Waals surface area contributed by atoms with Gasteiger partial charge in [-0.1, -0.05) is 23.7 Å². The number of rotatable bonds is 5. The third-order valence-electron chi connectivity index (χ3n) is 3.72. The topological polar surface area (TPSA) is 55.6 Å². The maximum atomic E-state index is 12.1. The minimum Gasteiger partial charge on any atom is -0.484 e. The summed E-state index contributed by atoms with van der Waals surface area (Å²) in [6.45, 7) is -0.0773. The van der Waals surface area contributed by atoms with Crippen molar-refractivity contribution < 1.29 is 9.53 Å². The largest absolute Gasteiger partial charge is 0.484 e. The minimum atomic E-state index is -0.233. The lowest BCUT2D eigenvalue weighted by molar-refractivity contribution is -0.118. The van der Waals surface area contributed by atoms with Gasteiger partial charge >= 0.3 is 0 Å². The Labute approximate surface area is 158 Å². The van der Waals surface area contributed by atoms with Crippen molar-refractivity contribution in [1.82, 2.24) is 9.38 Å². The number of nitrogens with zero attached hydrogens (tertiary/aromatic N) is 2. The van der Waals surface area contributed by atoms with E-state index in [0.717, 1.165) is 16.2 Å². The second kappa shape index (κ2) is 7.19. The van der Waals surface area contributed by atoms with Crippen LogP contribution in [0.4, 0.5) is 5.69 Å². The zero-order valence-corrected chi connectivity index (χ0v) is 15.1. The molecule has 0 radical (unpaired) electrons. The Balaban J connectivity index is 1.42. The molecule has 2 heterocycles. The van der Waals surface area contributed by atoms with E-state index < -0.39 is 0 Å². The monoisotopic (exact) mass is 383 g/mol. The molecule has 0 saturated carbocycles. The lowest BCUT2D eigenvalue weighted by atomic mass is 10.1. The van der Waals surface area contributed by atoms with Crippen molar-refractivity contribution in [2.45, 2.75) is 0 Å². The molecule has 0 aliphatic carbocycles. The highest BCUT2D eigenvalue weighted by atomic mass is 35.5. The van der Waals surface area contributed by atoms with Gasteiger partial charge in [0.05, 0.1) is 5.69 Å². The SMILES string of the molecule is O=C(COc1ccc(Cl)cc1)Nc1cccc(-c2cn3ccsc3n2)c1. The molecule has 0 atom stereocenters. The Morgan fingerprint density at radius 2 is 2.08 bits per heavy atom. The number of amides is 1. The molecule has 0 bridgehead atoms. The molecule has 1 amide bonds. The van der Waals surface area contributed by atoms with E-state index in [0.29, 0.717) is 16.5 Å². The van der Waals surface area contributed by atoms with Crippen molar-refractivity contribution >= 4 is 39.5 Å². The minimum absolute atomic E-state index is 0.0773. The zero-order valence-electron chi connectivity index (χ0n) is 13.6. The fourth-order valence-corrected chi connectivity index (χ4v) is 3.33. The highest BCUT2D eigenvalue weighted by Gasteiger charge is 2.08. The normalized spacial score (nSPS) is 10.8. The van der Waals surface area contributed by atoms with Crippen LogP contribution < -0.4 is 10.1 Å². The lowest BCUT2D eigenvalue weighted by Gasteiger charge is -2.08. The molecule has 7 heteroatoms. The van der Waals surface area contributed by atoms with Crippen LogP contribution in [0, 0.1) is 0 Å². The van der Waals surface area contributed by atoms with Gasteiger partial charge in [-0.05, 0) is 36.4 Å². The quantitative estimate of drug-likeness (QED) is 0.541. The molecule has 0 spiro atoms. The molecule has 26 heavy (non-hydrogen) atoms. The van der Waals surface area contributed by atoms with Crippen LogP contribution in [0.1, 0.15) is 0 Å². The molecular formula is C19H14ClN3O2S. The van der Waals surface area contributed by atoms with Gasteiger partial charge in [-0.15, -0.1) is 11.3 Å². The van der Waals surface area contributed by atoms with Gasteiger partial charge in [-0.3, -0.25) is 9.20 Å². The van der Waals surface area contributed by atoms with Crippen molar-refractivity contribution in [1.29, 1.82) is 0 Å². The number of imidazole rings is 1. The van der Waals surface area contributed by atoms with Crippen molar-refractivity contribution in [2.75, 3.05) is 11.9 Å². The number of halogens is 1. The Morgan fingerprint density at radius 3 is 2.88 bits per heavy atom. The third kappa shape index (κ3) is 3.71. The first-order valence-corrected chi connectivity index (χ1v) is 9.14. The maximum absolute atomic E-state index is 12.1. The molecule has 0 aliphatic rings. The summed E-state index contributed by atoms with van der Waals surface area (Å²) in [7, 11) is 0. The van der Waals surface area contributed by atoms with Gasteiger partial charge in [0.2, 0.25) is 0 Å². The number of ether oxygens (including phenoxy) is 1. The summed E-state index contributed by atoms with van der Waals surface area (Å²) in [4.78, 5) is 17.6. The van der Waals surface area contributed by atoms with Crippen molar-refractivity contribution in [3.63, 3.8) is 0 Å². The molecule has 4 aromatic rings. The van der Waals surface area contributed by atoms with Gasteiger partial charge in [0.1, 0.15) is 5.75 Å². The van der Waals surface area contributed by atoms with E-state index in [1.54, 1.807) is 35.6 Å². The molecule has 0 aliphatic heterocycles. The number of nitrogens with one attached hydrogen (secondary N) is 1. The summed E-state index contributed by atoms with van der Waals surface area (Å²) in [5.74, 6) is 0.360. The van der Waals surface area contributed by atoms with Crippen LogP contribution >= 0.6 is 22.9 Å². The van der Waals surface area contributed by atoms with Crippen LogP contribution in [0.3, 0.4) is 0 Å². The Hall–Kier alpha value is -2.83. The second-order valence-corrected chi connectivity index (χ2v) is 6.90. The van der Waals surface area contributed by atoms with E-state index in [1.807, 2.05) is 46.4 Å². The summed E-state index contributed by atoms with van der Waals surface area (Å²) in [6.07, 6.45) is 3.94. The number of hydrogen-bond donors (Lipinski definition) is 1. The predicted molar refractivity (Wildman–Crippen MR) is 104 cm³/mol. The first-order valence-electron chi connectivity index (χ1n) is 7.88. The molecule has 4 rings (SSSR count). The van der Waals surface area contributed by atoms with Gasteiger partial charge in [-0.25, -0.2) is 4.98 Å². The maximum Gasteiger partial charge on any atom is 0.262 e. The summed E-state index contributed by atoms with van der Waals surface area (Å²) in [5, 5.41) is 5.45. The van der Waals surface area contributed by atoms with E-state index in [4.69, 9.17) is 16.3 Å². The molecule has 2 aromatic heterocycles. The number of carbonyl (C=O) groups is 1. The molecule has 0 fully saturated rings. The fourth-order valence-electron chi connectivity index (χ4n) is 2.50. The average Bonchev–Trinajstić information content (AvgIpc) is 3.23. The molecule has 0 unspecified atom stereocenters. The molecule has 130 valence electrons.